The van der Waals surface area contributed by atoms with Gasteiger partial charge in [0.2, 0.25) is 0 Å². The third kappa shape index (κ3) is 10.9. The first-order valence-electron chi connectivity index (χ1n) is 10.6. The van der Waals surface area contributed by atoms with Crippen molar-refractivity contribution in [3.63, 3.8) is 0 Å². The molecule has 3 aromatic rings. The van der Waals surface area contributed by atoms with E-state index in [-0.39, 0.29) is 31.3 Å². The molecule has 7 nitrogen and oxygen atoms in total. The Hall–Kier alpha value is -1.66. The zero-order valence-corrected chi connectivity index (χ0v) is 23.6. The van der Waals surface area contributed by atoms with Gasteiger partial charge in [0.25, 0.3) is 0 Å². The van der Waals surface area contributed by atoms with Crippen LogP contribution in [0.25, 0.3) is 0 Å². The molecule has 4 rings (SSSR count). The number of phenols is 2. The minimum absolute atomic E-state index is 0.00519. The summed E-state index contributed by atoms with van der Waals surface area (Å²) < 4.78 is 18.7. The Labute approximate surface area is 229 Å². The van der Waals surface area contributed by atoms with Gasteiger partial charge in [-0.05, 0) is 54.6 Å². The topological polar surface area (TPSA) is 109 Å². The average molecular weight is 679 g/mol. The molecule has 0 bridgehead atoms. The predicted octanol–water partition coefficient (Wildman–Crippen LogP) is 5.67. The van der Waals surface area contributed by atoms with Gasteiger partial charge in [-0.1, -0.05) is 47.8 Å². The van der Waals surface area contributed by atoms with Gasteiger partial charge >= 0.3 is 0 Å². The highest BCUT2D eigenvalue weighted by Crippen LogP contribution is 2.25. The maximum Gasteiger partial charge on any atom is 0.125 e. The molecular formula is C25H27Br3O7. The highest BCUT2D eigenvalue weighted by molar-refractivity contribution is 9.11. The summed E-state index contributed by atoms with van der Waals surface area (Å²) in [5, 5.41) is 35.6. The van der Waals surface area contributed by atoms with E-state index in [0.29, 0.717) is 37.6 Å². The second kappa shape index (κ2) is 16.2. The van der Waals surface area contributed by atoms with Crippen molar-refractivity contribution in [3.8, 4) is 17.2 Å². The first kappa shape index (κ1) is 29.6. The highest BCUT2D eigenvalue weighted by Gasteiger charge is 2.08. The smallest absolute Gasteiger partial charge is 0.125 e. The lowest BCUT2D eigenvalue weighted by atomic mass is 10.2. The SMILES string of the molecule is Brc1ccc2c(c1)COCCO2.OCCOCc1cc(Br)ccc1O.OCc1cc(Br)ccc1O. The van der Waals surface area contributed by atoms with E-state index in [2.05, 4.69) is 47.8 Å². The van der Waals surface area contributed by atoms with E-state index in [1.165, 1.54) is 6.07 Å². The van der Waals surface area contributed by atoms with Crippen LogP contribution in [0.4, 0.5) is 0 Å². The van der Waals surface area contributed by atoms with Crippen LogP contribution < -0.4 is 4.74 Å². The second-order valence-corrected chi connectivity index (χ2v) is 9.88. The minimum atomic E-state index is -0.134. The van der Waals surface area contributed by atoms with E-state index in [9.17, 15) is 5.11 Å². The Bertz CT molecular complexity index is 1060. The van der Waals surface area contributed by atoms with Crippen LogP contribution in [0.3, 0.4) is 0 Å². The zero-order chi connectivity index (χ0) is 25.6. The molecule has 0 spiro atoms. The van der Waals surface area contributed by atoms with Gasteiger partial charge in [0.05, 0.1) is 39.6 Å². The van der Waals surface area contributed by atoms with Crippen molar-refractivity contribution in [2.24, 2.45) is 0 Å². The lowest BCUT2D eigenvalue weighted by Gasteiger charge is -2.05. The molecule has 0 aliphatic carbocycles. The van der Waals surface area contributed by atoms with Crippen molar-refractivity contribution in [3.05, 3.63) is 84.7 Å². The molecule has 0 radical (unpaired) electrons. The Morgan fingerprint density at radius 3 is 2.00 bits per heavy atom. The standard InChI is InChI=1S/C9H11BrO3.C9H9BrO2.C7H7BrO2/c10-8-1-2-9(12)7(5-8)6-13-4-3-11;10-8-1-2-9-7(5-8)6-11-3-4-12-9;8-6-1-2-7(10)5(3-6)4-9/h1-2,5,11-12H,3-4,6H2;1-2,5H,3-4,6H2;1-3,9-10H,4H2. The Morgan fingerprint density at radius 1 is 0.771 bits per heavy atom. The fraction of sp³-hybridized carbons (Fsp3) is 0.280. The van der Waals surface area contributed by atoms with Crippen LogP contribution in [0.5, 0.6) is 17.2 Å². The third-order valence-corrected chi connectivity index (χ3v) is 5.99. The van der Waals surface area contributed by atoms with E-state index < -0.39 is 0 Å². The largest absolute Gasteiger partial charge is 0.508 e. The molecule has 1 heterocycles. The van der Waals surface area contributed by atoms with Crippen LogP contribution in [-0.2, 0) is 29.3 Å². The van der Waals surface area contributed by atoms with Crippen LogP contribution >= 0.6 is 47.8 Å². The minimum Gasteiger partial charge on any atom is -0.508 e. The number of aliphatic hydroxyl groups excluding tert-OH is 2. The van der Waals surface area contributed by atoms with Gasteiger partial charge in [0, 0.05) is 30.1 Å². The Kier molecular flexibility index (Phi) is 13.6. The number of aromatic hydroxyl groups is 2. The summed E-state index contributed by atoms with van der Waals surface area (Å²) in [5.41, 5.74) is 2.36. The van der Waals surface area contributed by atoms with E-state index in [1.54, 1.807) is 30.3 Å². The normalized spacial score (nSPS) is 12.1. The summed E-state index contributed by atoms with van der Waals surface area (Å²) in [5.74, 6) is 1.28. The molecule has 0 saturated carbocycles. The average Bonchev–Trinajstić information content (AvgIpc) is 3.09. The third-order valence-electron chi connectivity index (χ3n) is 4.51. The molecule has 3 aromatic carbocycles. The summed E-state index contributed by atoms with van der Waals surface area (Å²) in [7, 11) is 0. The lowest BCUT2D eigenvalue weighted by molar-refractivity contribution is 0.0804. The molecule has 35 heavy (non-hydrogen) atoms. The number of hydrogen-bond acceptors (Lipinski definition) is 7. The number of ether oxygens (including phenoxy) is 3. The van der Waals surface area contributed by atoms with E-state index >= 15 is 0 Å². The Morgan fingerprint density at radius 2 is 1.37 bits per heavy atom. The quantitative estimate of drug-likeness (QED) is 0.258. The fourth-order valence-electron chi connectivity index (χ4n) is 2.79. The number of halogens is 3. The van der Waals surface area contributed by atoms with E-state index in [0.717, 1.165) is 24.7 Å². The lowest BCUT2D eigenvalue weighted by Crippen LogP contribution is -2.00. The number of phenolic OH excluding ortho intramolecular Hbond substituents is 1. The van der Waals surface area contributed by atoms with Crippen LogP contribution in [-0.4, -0.2) is 46.9 Å². The van der Waals surface area contributed by atoms with Crippen molar-refractivity contribution in [1.29, 1.82) is 0 Å². The number of aliphatic hydroxyl groups is 2. The molecule has 1 aliphatic rings. The number of fused-ring (bicyclic) bond motifs is 1. The van der Waals surface area contributed by atoms with Crippen LogP contribution in [0, 0.1) is 0 Å². The van der Waals surface area contributed by atoms with Crippen molar-refractivity contribution in [2.75, 3.05) is 26.4 Å². The molecule has 0 unspecified atom stereocenters. The number of hydrogen-bond donors (Lipinski definition) is 4. The first-order valence-corrected chi connectivity index (χ1v) is 12.9. The molecule has 0 fully saturated rings. The van der Waals surface area contributed by atoms with Crippen molar-refractivity contribution < 1.29 is 34.6 Å². The highest BCUT2D eigenvalue weighted by atomic mass is 79.9. The predicted molar refractivity (Wildman–Crippen MR) is 144 cm³/mol. The van der Waals surface area contributed by atoms with E-state index in [4.69, 9.17) is 29.5 Å². The number of rotatable bonds is 5. The zero-order valence-electron chi connectivity index (χ0n) is 18.8. The summed E-state index contributed by atoms with van der Waals surface area (Å²) in [6.45, 7) is 2.42. The summed E-state index contributed by atoms with van der Waals surface area (Å²) in [6.07, 6.45) is 0. The van der Waals surface area contributed by atoms with Crippen molar-refractivity contribution >= 4 is 47.8 Å². The summed E-state index contributed by atoms with van der Waals surface area (Å²) in [6, 6.07) is 16.0. The molecule has 0 aromatic heterocycles. The summed E-state index contributed by atoms with van der Waals surface area (Å²) >= 11 is 9.91. The molecule has 10 heteroatoms. The fourth-order valence-corrected chi connectivity index (χ4v) is 4.02. The molecule has 4 N–H and O–H groups in total. The first-order chi connectivity index (χ1) is 16.8. The second-order valence-electron chi connectivity index (χ2n) is 7.13. The van der Waals surface area contributed by atoms with Crippen molar-refractivity contribution in [2.45, 2.75) is 19.8 Å². The van der Waals surface area contributed by atoms with Gasteiger partial charge in [-0.15, -0.1) is 0 Å². The molecule has 1 aliphatic heterocycles. The van der Waals surface area contributed by atoms with Gasteiger partial charge in [0.15, 0.2) is 0 Å². The van der Waals surface area contributed by atoms with Crippen LogP contribution in [0.15, 0.2) is 68.0 Å². The Balaban J connectivity index is 0.000000187. The maximum absolute atomic E-state index is 9.37. The molecule has 0 saturated heterocycles. The van der Waals surface area contributed by atoms with Crippen LogP contribution in [0.2, 0.25) is 0 Å². The monoisotopic (exact) mass is 676 g/mol. The van der Waals surface area contributed by atoms with Gasteiger partial charge in [-0.25, -0.2) is 0 Å². The summed E-state index contributed by atoms with van der Waals surface area (Å²) in [4.78, 5) is 0. The van der Waals surface area contributed by atoms with E-state index in [1.807, 2.05) is 18.2 Å². The van der Waals surface area contributed by atoms with Gasteiger partial charge in [0.1, 0.15) is 23.9 Å². The van der Waals surface area contributed by atoms with Crippen molar-refractivity contribution in [1.82, 2.24) is 0 Å². The van der Waals surface area contributed by atoms with Gasteiger partial charge in [-0.2, -0.15) is 0 Å². The number of benzene rings is 3. The van der Waals surface area contributed by atoms with Crippen LogP contribution in [0.1, 0.15) is 16.7 Å². The molecule has 190 valence electrons. The molecular weight excluding hydrogens is 652 g/mol. The molecule has 0 atom stereocenters. The van der Waals surface area contributed by atoms with Gasteiger partial charge < -0.3 is 34.6 Å². The molecule has 0 amide bonds. The van der Waals surface area contributed by atoms with Gasteiger partial charge in [-0.3, -0.25) is 0 Å². The maximum atomic E-state index is 9.37.